The van der Waals surface area contributed by atoms with Crippen LogP contribution in [0.1, 0.15) is 38.2 Å². The van der Waals surface area contributed by atoms with Gasteiger partial charge in [0.15, 0.2) is 0 Å². The van der Waals surface area contributed by atoms with Gasteiger partial charge >= 0.3 is 0 Å². The summed E-state index contributed by atoms with van der Waals surface area (Å²) in [6.07, 6.45) is 7.79. The van der Waals surface area contributed by atoms with Crippen LogP contribution in [0, 0.1) is 0 Å². The second-order valence-corrected chi connectivity index (χ2v) is 8.98. The Morgan fingerprint density at radius 2 is 2.33 bits per heavy atom. The molecule has 2 fully saturated rings. The molecule has 6 nitrogen and oxygen atoms in total. The summed E-state index contributed by atoms with van der Waals surface area (Å²) in [5, 5.41) is 0. The zero-order valence-electron chi connectivity index (χ0n) is 14.3. The van der Waals surface area contributed by atoms with Gasteiger partial charge in [0.2, 0.25) is 10.0 Å². The first kappa shape index (κ1) is 17.8. The Hall–Kier alpha value is -1.02. The van der Waals surface area contributed by atoms with Crippen molar-refractivity contribution in [2.75, 3.05) is 25.4 Å². The van der Waals surface area contributed by atoms with Crippen molar-refractivity contribution in [3.05, 3.63) is 30.1 Å². The van der Waals surface area contributed by atoms with Gasteiger partial charge in [0.1, 0.15) is 0 Å². The molecule has 2 aliphatic heterocycles. The van der Waals surface area contributed by atoms with Crippen LogP contribution in [0.25, 0.3) is 0 Å². The molecule has 3 heterocycles. The Balaban J connectivity index is 1.54. The van der Waals surface area contributed by atoms with E-state index in [4.69, 9.17) is 4.74 Å². The zero-order chi connectivity index (χ0) is 17.0. The number of likely N-dealkylation sites (tertiary alicyclic amines) is 1. The first-order chi connectivity index (χ1) is 11.5. The van der Waals surface area contributed by atoms with Crippen LogP contribution in [-0.4, -0.2) is 55.4 Å². The van der Waals surface area contributed by atoms with Gasteiger partial charge in [-0.2, -0.15) is 0 Å². The maximum Gasteiger partial charge on any atom is 0.211 e. The third-order valence-corrected chi connectivity index (χ3v) is 6.38. The van der Waals surface area contributed by atoms with E-state index in [-0.39, 0.29) is 17.5 Å². The van der Waals surface area contributed by atoms with Crippen LogP contribution in [0.4, 0.5) is 0 Å². The van der Waals surface area contributed by atoms with Crippen molar-refractivity contribution in [1.29, 1.82) is 0 Å². The normalized spacial score (nSPS) is 28.5. The van der Waals surface area contributed by atoms with E-state index in [0.29, 0.717) is 6.54 Å². The van der Waals surface area contributed by atoms with Gasteiger partial charge in [0.05, 0.1) is 17.5 Å². The molecule has 3 rings (SSSR count). The number of sulfonamides is 1. The second-order valence-electron chi connectivity index (χ2n) is 6.89. The topological polar surface area (TPSA) is 71.5 Å². The molecule has 1 aromatic heterocycles. The number of nitrogens with one attached hydrogen (secondary N) is 1. The first-order valence-corrected chi connectivity index (χ1v) is 10.4. The standard InChI is InChI=1S/C17H27N3O3S/c1-2-24(21,22)19-12-16-6-3-7-17(23-16)8-10-20(14-17)13-15-5-4-9-18-11-15/h4-5,9,11,16,19H,2-3,6-8,10,12-14H2,1H3/t16-,17+/m0/s1. The van der Waals surface area contributed by atoms with E-state index >= 15 is 0 Å². The molecule has 0 bridgehead atoms. The van der Waals surface area contributed by atoms with Gasteiger partial charge in [-0.1, -0.05) is 6.07 Å². The molecule has 7 heteroatoms. The first-order valence-electron chi connectivity index (χ1n) is 8.77. The van der Waals surface area contributed by atoms with Crippen molar-refractivity contribution in [1.82, 2.24) is 14.6 Å². The van der Waals surface area contributed by atoms with Crippen molar-refractivity contribution < 1.29 is 13.2 Å². The molecule has 2 aliphatic rings. The van der Waals surface area contributed by atoms with Crippen molar-refractivity contribution in [3.63, 3.8) is 0 Å². The van der Waals surface area contributed by atoms with Gasteiger partial charge in [-0.25, -0.2) is 13.1 Å². The minimum absolute atomic E-state index is 0.0154. The van der Waals surface area contributed by atoms with Crippen LogP contribution in [0.5, 0.6) is 0 Å². The van der Waals surface area contributed by atoms with Gasteiger partial charge < -0.3 is 4.74 Å². The lowest BCUT2D eigenvalue weighted by Crippen LogP contribution is -2.46. The fraction of sp³-hybridized carbons (Fsp3) is 0.706. The minimum Gasteiger partial charge on any atom is -0.369 e. The maximum absolute atomic E-state index is 11.6. The molecule has 0 radical (unpaired) electrons. The lowest BCUT2D eigenvalue weighted by atomic mass is 9.90. The lowest BCUT2D eigenvalue weighted by molar-refractivity contribution is -0.118. The number of ether oxygens (including phenoxy) is 1. The highest BCUT2D eigenvalue weighted by molar-refractivity contribution is 7.89. The predicted octanol–water partition coefficient (Wildman–Crippen LogP) is 1.53. The van der Waals surface area contributed by atoms with Crippen molar-refractivity contribution >= 4 is 10.0 Å². The molecule has 0 aliphatic carbocycles. The summed E-state index contributed by atoms with van der Waals surface area (Å²) in [6, 6.07) is 4.07. The molecule has 1 aromatic rings. The number of nitrogens with zero attached hydrogens (tertiary/aromatic N) is 2. The minimum atomic E-state index is -3.15. The number of pyridine rings is 1. The summed E-state index contributed by atoms with van der Waals surface area (Å²) in [7, 11) is -3.15. The molecule has 24 heavy (non-hydrogen) atoms. The van der Waals surface area contributed by atoms with E-state index in [1.165, 1.54) is 5.56 Å². The zero-order valence-corrected chi connectivity index (χ0v) is 15.1. The largest absolute Gasteiger partial charge is 0.369 e. The maximum atomic E-state index is 11.6. The molecular formula is C17H27N3O3S. The second kappa shape index (κ2) is 7.47. The van der Waals surface area contributed by atoms with E-state index in [1.54, 1.807) is 13.1 Å². The monoisotopic (exact) mass is 353 g/mol. The van der Waals surface area contributed by atoms with E-state index in [0.717, 1.165) is 45.3 Å². The van der Waals surface area contributed by atoms with Gasteiger partial charge in [0, 0.05) is 38.6 Å². The highest BCUT2D eigenvalue weighted by atomic mass is 32.2. The third kappa shape index (κ3) is 4.53. The van der Waals surface area contributed by atoms with Crippen molar-refractivity contribution in [2.45, 2.75) is 50.9 Å². The number of hydrogen-bond acceptors (Lipinski definition) is 5. The summed E-state index contributed by atoms with van der Waals surface area (Å²) in [4.78, 5) is 6.59. The fourth-order valence-corrected chi connectivity index (χ4v) is 4.35. The average Bonchev–Trinajstić information content (AvgIpc) is 2.96. The summed E-state index contributed by atoms with van der Waals surface area (Å²) < 4.78 is 32.3. The number of hydrogen-bond donors (Lipinski definition) is 1. The number of rotatable bonds is 6. The number of aromatic nitrogens is 1. The van der Waals surface area contributed by atoms with Crippen LogP contribution in [0.3, 0.4) is 0 Å². The quantitative estimate of drug-likeness (QED) is 0.840. The Labute approximate surface area is 144 Å². The molecular weight excluding hydrogens is 326 g/mol. The smallest absolute Gasteiger partial charge is 0.211 e. The average molecular weight is 353 g/mol. The molecule has 0 saturated carbocycles. The molecule has 1 N–H and O–H groups in total. The lowest BCUT2D eigenvalue weighted by Gasteiger charge is -2.39. The summed E-state index contributed by atoms with van der Waals surface area (Å²) in [5.41, 5.74) is 1.11. The summed E-state index contributed by atoms with van der Waals surface area (Å²) in [6.45, 7) is 4.87. The highest BCUT2D eigenvalue weighted by Crippen LogP contribution is 2.37. The Bertz CT molecular complexity index is 638. The molecule has 134 valence electrons. The van der Waals surface area contributed by atoms with Crippen LogP contribution in [0.2, 0.25) is 0 Å². The molecule has 0 amide bonds. The van der Waals surface area contributed by atoms with E-state index in [9.17, 15) is 8.42 Å². The molecule has 0 unspecified atom stereocenters. The molecule has 0 aromatic carbocycles. The van der Waals surface area contributed by atoms with Crippen LogP contribution >= 0.6 is 0 Å². The Morgan fingerprint density at radius 1 is 1.46 bits per heavy atom. The Kier molecular flexibility index (Phi) is 5.54. The molecule has 1 spiro atoms. The van der Waals surface area contributed by atoms with Crippen LogP contribution < -0.4 is 4.72 Å². The predicted molar refractivity (Wildman–Crippen MR) is 93.0 cm³/mol. The molecule has 2 saturated heterocycles. The molecule has 2 atom stereocenters. The SMILES string of the molecule is CCS(=O)(=O)NC[C@@H]1CCC[C@]2(CCN(Cc3cccnc3)C2)O1. The van der Waals surface area contributed by atoms with Gasteiger partial charge in [0.25, 0.3) is 0 Å². The van der Waals surface area contributed by atoms with Crippen LogP contribution in [-0.2, 0) is 21.3 Å². The van der Waals surface area contributed by atoms with Gasteiger partial charge in [-0.3, -0.25) is 9.88 Å². The van der Waals surface area contributed by atoms with Crippen molar-refractivity contribution in [3.8, 4) is 0 Å². The fourth-order valence-electron chi connectivity index (χ4n) is 3.70. The van der Waals surface area contributed by atoms with E-state index in [1.807, 2.05) is 12.3 Å². The third-order valence-electron chi connectivity index (χ3n) is 5.01. The van der Waals surface area contributed by atoms with Crippen LogP contribution in [0.15, 0.2) is 24.5 Å². The highest BCUT2D eigenvalue weighted by Gasteiger charge is 2.42. The van der Waals surface area contributed by atoms with Gasteiger partial charge in [-0.05, 0) is 44.2 Å². The van der Waals surface area contributed by atoms with Gasteiger partial charge in [-0.15, -0.1) is 0 Å². The van der Waals surface area contributed by atoms with Crippen molar-refractivity contribution in [2.24, 2.45) is 0 Å². The summed E-state index contributed by atoms with van der Waals surface area (Å²) >= 11 is 0. The summed E-state index contributed by atoms with van der Waals surface area (Å²) in [5.74, 6) is 0.115. The Morgan fingerprint density at radius 3 is 3.08 bits per heavy atom. The van der Waals surface area contributed by atoms with E-state index < -0.39 is 10.0 Å². The van der Waals surface area contributed by atoms with E-state index in [2.05, 4.69) is 20.7 Å².